The molecule has 0 atom stereocenters. The van der Waals surface area contributed by atoms with Gasteiger partial charge in [-0.15, -0.1) is 0 Å². The third kappa shape index (κ3) is 8.05. The van der Waals surface area contributed by atoms with Crippen LogP contribution in [0.4, 0.5) is 0 Å². The number of rotatable bonds is 5. The first-order valence-electron chi connectivity index (χ1n) is 3.65. The van der Waals surface area contributed by atoms with Crippen LogP contribution in [0.3, 0.4) is 0 Å². The van der Waals surface area contributed by atoms with Gasteiger partial charge in [-0.25, -0.2) is 0 Å². The van der Waals surface area contributed by atoms with Crippen molar-refractivity contribution in [3.63, 3.8) is 0 Å². The molecule has 0 aliphatic heterocycles. The third-order valence-corrected chi connectivity index (χ3v) is 1.45. The van der Waals surface area contributed by atoms with E-state index in [1.54, 1.807) is 0 Å². The minimum atomic E-state index is -0.169. The van der Waals surface area contributed by atoms with Crippen LogP contribution < -0.4 is 0 Å². The van der Waals surface area contributed by atoms with Gasteiger partial charge in [-0.3, -0.25) is 0 Å². The Morgan fingerprint density at radius 1 is 1.55 bits per heavy atom. The molecule has 0 heterocycles. The number of carbonyl (C=O) groups excluding carboxylic acids is 1. The van der Waals surface area contributed by atoms with E-state index in [9.17, 15) is 4.79 Å². The first-order chi connectivity index (χ1) is 5.16. The Kier molecular flexibility index (Phi) is 6.92. The molecule has 0 saturated heterocycles. The van der Waals surface area contributed by atoms with Crippen molar-refractivity contribution in [2.24, 2.45) is 0 Å². The fraction of sp³-hybridized carbons (Fsp3) is 0.857. The van der Waals surface area contributed by atoms with Crippen molar-refractivity contribution < 1.29 is 33.7 Å². The molecule has 3 nitrogen and oxygen atoms in total. The topological polar surface area (TPSA) is 35.5 Å². The van der Waals surface area contributed by atoms with E-state index in [0.29, 0.717) is 13.0 Å². The first-order valence-corrected chi connectivity index (χ1v) is 4.28. The molecule has 0 amide bonds. The van der Waals surface area contributed by atoms with Gasteiger partial charge in [0.05, 0.1) is 0 Å². The van der Waals surface area contributed by atoms with Crippen LogP contribution in [0.2, 0.25) is 0 Å². The summed E-state index contributed by atoms with van der Waals surface area (Å²) in [5.41, 5.74) is 0. The molecule has 0 aromatic rings. The maximum atomic E-state index is 10.6. The van der Waals surface area contributed by atoms with Crippen LogP contribution >= 0.6 is 0 Å². The summed E-state index contributed by atoms with van der Waals surface area (Å²) in [6.07, 6.45) is 1.43. The van der Waals surface area contributed by atoms with Gasteiger partial charge in [0.1, 0.15) is 0 Å². The standard InChI is InChI=1S/C7H14O3.Ti/c1-6(2)10-5-3-4-7(8)9;/h6H,3-5H2,1-2H3,(H,8,9);/q;+1/p-1. The molecule has 0 aliphatic rings. The van der Waals surface area contributed by atoms with E-state index in [4.69, 9.17) is 4.74 Å². The number of hydrogen-bond donors (Lipinski definition) is 0. The third-order valence-electron chi connectivity index (χ3n) is 1.09. The molecule has 0 fully saturated rings. The van der Waals surface area contributed by atoms with Crippen LogP contribution in [-0.4, -0.2) is 18.7 Å². The number of carbonyl (C=O) groups is 1. The van der Waals surface area contributed by atoms with E-state index in [-0.39, 0.29) is 12.1 Å². The molecular formula is C7H13O3Ti. The van der Waals surface area contributed by atoms with Crippen LogP contribution in [0, 0.1) is 0 Å². The molecule has 0 radical (unpaired) electrons. The molecule has 0 spiro atoms. The average molecular weight is 193 g/mol. The van der Waals surface area contributed by atoms with Crippen molar-refractivity contribution in [1.29, 1.82) is 0 Å². The fourth-order valence-electron chi connectivity index (χ4n) is 0.587. The summed E-state index contributed by atoms with van der Waals surface area (Å²) in [7, 11) is 0. The number of ether oxygens (including phenoxy) is 1. The summed E-state index contributed by atoms with van der Waals surface area (Å²) in [6.45, 7) is 4.57. The van der Waals surface area contributed by atoms with Crippen molar-refractivity contribution in [3.8, 4) is 0 Å². The molecule has 11 heavy (non-hydrogen) atoms. The second-order valence-corrected chi connectivity index (χ2v) is 2.82. The molecule has 0 unspecified atom stereocenters. The van der Waals surface area contributed by atoms with Crippen LogP contribution in [0.15, 0.2) is 0 Å². The summed E-state index contributed by atoms with van der Waals surface area (Å²) in [5.74, 6) is -0.169. The molecule has 0 N–H and O–H groups in total. The first kappa shape index (κ1) is 11.1. The monoisotopic (exact) mass is 193 g/mol. The Hall–Kier alpha value is 0.144. The Morgan fingerprint density at radius 3 is 2.64 bits per heavy atom. The van der Waals surface area contributed by atoms with Crippen molar-refractivity contribution >= 4 is 5.97 Å². The summed E-state index contributed by atoms with van der Waals surface area (Å²) >= 11 is 1.39. The van der Waals surface area contributed by atoms with Gasteiger partial charge in [0.2, 0.25) is 0 Å². The number of hydrogen-bond acceptors (Lipinski definition) is 3. The van der Waals surface area contributed by atoms with E-state index in [2.05, 4.69) is 3.32 Å². The summed E-state index contributed by atoms with van der Waals surface area (Å²) in [6, 6.07) is 0. The van der Waals surface area contributed by atoms with Gasteiger partial charge >= 0.3 is 79.0 Å². The summed E-state index contributed by atoms with van der Waals surface area (Å²) in [4.78, 5) is 10.6. The molecule has 0 aliphatic carbocycles. The van der Waals surface area contributed by atoms with E-state index in [0.717, 1.165) is 6.42 Å². The second kappa shape index (κ2) is 6.83. The van der Waals surface area contributed by atoms with E-state index >= 15 is 0 Å². The van der Waals surface area contributed by atoms with Gasteiger partial charge in [-0.1, -0.05) is 0 Å². The normalized spacial score (nSPS) is 10.0. The molecule has 0 aromatic heterocycles. The van der Waals surface area contributed by atoms with E-state index in [1.165, 1.54) is 20.8 Å². The average Bonchev–Trinajstić information content (AvgIpc) is 1.97. The Balaban J connectivity index is 3.08. The van der Waals surface area contributed by atoms with Gasteiger partial charge < -0.3 is 0 Å². The summed E-state index contributed by atoms with van der Waals surface area (Å²) < 4.78 is 9.69. The van der Waals surface area contributed by atoms with Gasteiger partial charge in [0, 0.05) is 0 Å². The quantitative estimate of drug-likeness (QED) is 0.486. The van der Waals surface area contributed by atoms with Gasteiger partial charge in [-0.2, -0.15) is 0 Å². The van der Waals surface area contributed by atoms with Crippen LogP contribution in [-0.2, 0) is 33.7 Å². The van der Waals surface area contributed by atoms with Crippen molar-refractivity contribution in [2.45, 2.75) is 32.8 Å². The van der Waals surface area contributed by atoms with Gasteiger partial charge in [0.25, 0.3) is 0 Å². The van der Waals surface area contributed by atoms with Crippen molar-refractivity contribution in [3.05, 3.63) is 0 Å². The van der Waals surface area contributed by atoms with Crippen LogP contribution in [0.1, 0.15) is 26.7 Å². The molecular weight excluding hydrogens is 180 g/mol. The summed E-state index contributed by atoms with van der Waals surface area (Å²) in [5, 5.41) is 0. The molecule has 0 saturated carbocycles. The SMILES string of the molecule is CC(C)OCCCC(=O)[O][Ti]. The Bertz CT molecular complexity index is 114. The zero-order valence-electron chi connectivity index (χ0n) is 6.92. The molecule has 0 bridgehead atoms. The fourth-order valence-corrected chi connectivity index (χ4v) is 0.746. The maximum absolute atomic E-state index is 10.6. The van der Waals surface area contributed by atoms with E-state index < -0.39 is 0 Å². The van der Waals surface area contributed by atoms with Crippen molar-refractivity contribution in [2.75, 3.05) is 6.61 Å². The second-order valence-electron chi connectivity index (χ2n) is 2.50. The van der Waals surface area contributed by atoms with E-state index in [1.807, 2.05) is 13.8 Å². The molecule has 63 valence electrons. The zero-order valence-corrected chi connectivity index (χ0v) is 8.48. The van der Waals surface area contributed by atoms with Crippen LogP contribution in [0.25, 0.3) is 0 Å². The predicted octanol–water partition coefficient (Wildman–Crippen LogP) is 1.20. The van der Waals surface area contributed by atoms with Crippen LogP contribution in [0.5, 0.6) is 0 Å². The van der Waals surface area contributed by atoms with Gasteiger partial charge in [0.15, 0.2) is 0 Å². The molecule has 0 rings (SSSR count). The van der Waals surface area contributed by atoms with Gasteiger partial charge in [-0.05, 0) is 0 Å². The molecule has 0 aromatic carbocycles. The van der Waals surface area contributed by atoms with Crippen molar-refractivity contribution in [1.82, 2.24) is 0 Å². The minimum absolute atomic E-state index is 0.169. The molecule has 4 heteroatoms. The Morgan fingerprint density at radius 2 is 2.18 bits per heavy atom. The zero-order chi connectivity index (χ0) is 8.69. The Labute approximate surface area is 79.3 Å². The predicted molar refractivity (Wildman–Crippen MR) is 36.4 cm³/mol.